The van der Waals surface area contributed by atoms with Crippen LogP contribution in [0.15, 0.2) is 24.4 Å². The average Bonchev–Trinajstić information content (AvgIpc) is 2.94. The van der Waals surface area contributed by atoms with Gasteiger partial charge >= 0.3 is 0 Å². The summed E-state index contributed by atoms with van der Waals surface area (Å²) < 4.78 is 10.9. The summed E-state index contributed by atoms with van der Waals surface area (Å²) in [7, 11) is 3.39. The molecule has 2 unspecified atom stereocenters. The van der Waals surface area contributed by atoms with Crippen molar-refractivity contribution in [3.63, 3.8) is 0 Å². The quantitative estimate of drug-likeness (QED) is 0.836. The molecule has 0 aliphatic carbocycles. The van der Waals surface area contributed by atoms with E-state index in [1.807, 2.05) is 6.07 Å². The van der Waals surface area contributed by atoms with Crippen molar-refractivity contribution in [3.05, 3.63) is 30.0 Å². The number of piperidine rings is 1. The molecule has 4 rings (SSSR count). The fraction of sp³-hybridized carbons (Fsp3) is 0.500. The van der Waals surface area contributed by atoms with E-state index < -0.39 is 0 Å². The molecule has 7 nitrogen and oxygen atoms in total. The molecule has 2 bridgehead atoms. The van der Waals surface area contributed by atoms with Gasteiger partial charge in [0.05, 0.1) is 14.2 Å². The third-order valence-electron chi connectivity index (χ3n) is 5.89. The van der Waals surface area contributed by atoms with Crippen molar-refractivity contribution in [2.24, 2.45) is 5.92 Å². The highest BCUT2D eigenvalue weighted by Gasteiger charge is 2.41. The molecule has 0 saturated carbocycles. The lowest BCUT2D eigenvalue weighted by molar-refractivity contribution is 0.337. The molecule has 2 fully saturated rings. The van der Waals surface area contributed by atoms with Gasteiger partial charge in [0.2, 0.25) is 5.95 Å². The average molecular weight is 369 g/mol. The molecule has 7 heteroatoms. The van der Waals surface area contributed by atoms with Gasteiger partial charge in [0.1, 0.15) is 17.3 Å². The Bertz CT molecular complexity index is 792. The highest BCUT2D eigenvalue weighted by molar-refractivity contribution is 5.58. The molecule has 2 aliphatic rings. The van der Waals surface area contributed by atoms with Crippen LogP contribution >= 0.6 is 0 Å². The minimum atomic E-state index is 0.234. The first-order chi connectivity index (χ1) is 13.1. The van der Waals surface area contributed by atoms with Crippen LogP contribution in [0, 0.1) is 5.92 Å². The lowest BCUT2D eigenvalue weighted by Gasteiger charge is -2.41. The zero-order valence-corrected chi connectivity index (χ0v) is 15.9. The van der Waals surface area contributed by atoms with Gasteiger partial charge in [-0.3, -0.25) is 0 Å². The van der Waals surface area contributed by atoms with Gasteiger partial charge in [-0.1, -0.05) is 0 Å². The number of ether oxygens (including phenoxy) is 2. The molecule has 2 aromatic rings. The number of benzene rings is 1. The van der Waals surface area contributed by atoms with Crippen LogP contribution in [0.2, 0.25) is 0 Å². The van der Waals surface area contributed by atoms with E-state index in [1.165, 1.54) is 18.5 Å². The van der Waals surface area contributed by atoms with Crippen LogP contribution in [-0.4, -0.2) is 36.3 Å². The Morgan fingerprint density at radius 1 is 1.04 bits per heavy atom. The van der Waals surface area contributed by atoms with Gasteiger partial charge in [0, 0.05) is 47.7 Å². The number of rotatable bonds is 5. The number of anilines is 3. The van der Waals surface area contributed by atoms with Crippen LogP contribution in [0.3, 0.4) is 0 Å². The van der Waals surface area contributed by atoms with Crippen molar-refractivity contribution in [3.8, 4) is 11.5 Å². The summed E-state index contributed by atoms with van der Waals surface area (Å²) in [5, 5.41) is 0. The largest absolute Gasteiger partial charge is 0.497 e. The lowest BCUT2D eigenvalue weighted by atomic mass is 9.86. The summed E-state index contributed by atoms with van der Waals surface area (Å²) in [6.45, 7) is 0. The van der Waals surface area contributed by atoms with Gasteiger partial charge in [0.15, 0.2) is 0 Å². The number of nitrogens with two attached hydrogens (primary N) is 2. The van der Waals surface area contributed by atoms with Crippen LogP contribution in [0.25, 0.3) is 0 Å². The standard InChI is InChI=1S/C20H27N5O2/c1-26-17-8-16(9-18(10-17)27-2)25-14-3-4-15(25)7-12(6-14)5-13-11-23-20(22)24-19(13)21/h8-12,14-15H,3-7H2,1-2H3,(H4,21,22,23,24). The summed E-state index contributed by atoms with van der Waals surface area (Å²) in [5.74, 6) is 2.99. The molecule has 0 radical (unpaired) electrons. The third-order valence-corrected chi connectivity index (χ3v) is 5.89. The van der Waals surface area contributed by atoms with Crippen LogP contribution in [0.5, 0.6) is 11.5 Å². The molecule has 2 saturated heterocycles. The number of methoxy groups -OCH3 is 2. The summed E-state index contributed by atoms with van der Waals surface area (Å²) in [5.41, 5.74) is 13.8. The zero-order valence-electron chi connectivity index (χ0n) is 15.9. The molecule has 27 heavy (non-hydrogen) atoms. The van der Waals surface area contributed by atoms with Crippen LogP contribution in [-0.2, 0) is 6.42 Å². The van der Waals surface area contributed by atoms with E-state index in [9.17, 15) is 0 Å². The minimum absolute atomic E-state index is 0.234. The van der Waals surface area contributed by atoms with Gasteiger partial charge < -0.3 is 25.8 Å². The van der Waals surface area contributed by atoms with Crippen LogP contribution in [0.1, 0.15) is 31.2 Å². The van der Waals surface area contributed by atoms with Gasteiger partial charge in [-0.25, -0.2) is 4.98 Å². The number of nitrogens with zero attached hydrogens (tertiary/aromatic N) is 3. The van der Waals surface area contributed by atoms with E-state index in [2.05, 4.69) is 27.0 Å². The van der Waals surface area contributed by atoms with E-state index in [0.717, 1.165) is 36.3 Å². The Labute approximate surface area is 159 Å². The maximum atomic E-state index is 6.04. The number of aromatic nitrogens is 2. The predicted molar refractivity (Wildman–Crippen MR) is 106 cm³/mol. The first-order valence-electron chi connectivity index (χ1n) is 9.45. The van der Waals surface area contributed by atoms with E-state index in [0.29, 0.717) is 23.8 Å². The van der Waals surface area contributed by atoms with Crippen LogP contribution in [0.4, 0.5) is 17.5 Å². The molecule has 2 atom stereocenters. The lowest BCUT2D eigenvalue weighted by Crippen LogP contribution is -2.43. The molecule has 3 heterocycles. The third kappa shape index (κ3) is 3.46. The smallest absolute Gasteiger partial charge is 0.221 e. The monoisotopic (exact) mass is 369 g/mol. The Hall–Kier alpha value is -2.70. The van der Waals surface area contributed by atoms with E-state index in [4.69, 9.17) is 20.9 Å². The number of fused-ring (bicyclic) bond motifs is 2. The van der Waals surface area contributed by atoms with E-state index in [-0.39, 0.29) is 5.95 Å². The summed E-state index contributed by atoms with van der Waals surface area (Å²) in [6, 6.07) is 7.20. The van der Waals surface area contributed by atoms with Crippen molar-refractivity contribution < 1.29 is 9.47 Å². The first-order valence-corrected chi connectivity index (χ1v) is 9.45. The predicted octanol–water partition coefficient (Wildman–Crippen LogP) is 2.65. The summed E-state index contributed by atoms with van der Waals surface area (Å²) in [6.07, 6.45) is 7.40. The van der Waals surface area contributed by atoms with Gasteiger partial charge in [-0.05, 0) is 38.0 Å². The van der Waals surface area contributed by atoms with Crippen molar-refractivity contribution in [2.75, 3.05) is 30.6 Å². The van der Waals surface area contributed by atoms with Crippen molar-refractivity contribution in [2.45, 2.75) is 44.2 Å². The molecular weight excluding hydrogens is 342 g/mol. The number of hydrogen-bond acceptors (Lipinski definition) is 7. The molecule has 144 valence electrons. The minimum Gasteiger partial charge on any atom is -0.497 e. The first kappa shape index (κ1) is 17.7. The fourth-order valence-electron chi connectivity index (χ4n) is 4.72. The highest BCUT2D eigenvalue weighted by atomic mass is 16.5. The summed E-state index contributed by atoms with van der Waals surface area (Å²) in [4.78, 5) is 10.8. The molecule has 4 N–H and O–H groups in total. The molecular formula is C20H27N5O2. The van der Waals surface area contributed by atoms with Gasteiger partial charge in [-0.15, -0.1) is 0 Å². The Kier molecular flexibility index (Phi) is 4.68. The second-order valence-electron chi connectivity index (χ2n) is 7.54. The fourth-order valence-corrected chi connectivity index (χ4v) is 4.72. The maximum absolute atomic E-state index is 6.04. The Morgan fingerprint density at radius 3 is 2.22 bits per heavy atom. The molecule has 0 amide bonds. The highest BCUT2D eigenvalue weighted by Crippen LogP contribution is 2.44. The Morgan fingerprint density at radius 2 is 1.67 bits per heavy atom. The van der Waals surface area contributed by atoms with Crippen molar-refractivity contribution >= 4 is 17.5 Å². The second kappa shape index (κ2) is 7.13. The molecule has 2 aliphatic heterocycles. The normalized spacial score (nSPS) is 24.1. The topological polar surface area (TPSA) is 99.5 Å². The number of nitrogen functional groups attached to an aromatic ring is 2. The van der Waals surface area contributed by atoms with Crippen molar-refractivity contribution in [1.29, 1.82) is 0 Å². The van der Waals surface area contributed by atoms with Crippen LogP contribution < -0.4 is 25.8 Å². The summed E-state index contributed by atoms with van der Waals surface area (Å²) >= 11 is 0. The zero-order chi connectivity index (χ0) is 19.0. The molecule has 1 aromatic carbocycles. The molecule has 0 spiro atoms. The SMILES string of the molecule is COc1cc(OC)cc(N2C3CCC2CC(Cc2cnc(N)nc2N)C3)c1. The van der Waals surface area contributed by atoms with E-state index >= 15 is 0 Å². The van der Waals surface area contributed by atoms with Gasteiger partial charge in [0.25, 0.3) is 0 Å². The van der Waals surface area contributed by atoms with Crippen molar-refractivity contribution in [1.82, 2.24) is 9.97 Å². The van der Waals surface area contributed by atoms with Gasteiger partial charge in [-0.2, -0.15) is 4.98 Å². The molecule has 1 aromatic heterocycles. The Balaban J connectivity index is 1.52. The second-order valence-corrected chi connectivity index (χ2v) is 7.54. The van der Waals surface area contributed by atoms with E-state index in [1.54, 1.807) is 20.4 Å². The maximum Gasteiger partial charge on any atom is 0.221 e. The number of hydrogen-bond donors (Lipinski definition) is 2.